The topological polar surface area (TPSA) is 30.2 Å². The zero-order valence-corrected chi connectivity index (χ0v) is 9.83. The van der Waals surface area contributed by atoms with Gasteiger partial charge in [-0.2, -0.15) is 0 Å². The fourth-order valence-corrected chi connectivity index (χ4v) is 1.84. The minimum atomic E-state index is -0.305. The maximum Gasteiger partial charge on any atom is 0.179 e. The first kappa shape index (κ1) is 11.1. The molecule has 16 heavy (non-hydrogen) atoms. The molecule has 1 aromatic carbocycles. The quantitative estimate of drug-likeness (QED) is 0.805. The molecule has 0 aliphatic carbocycles. The van der Waals surface area contributed by atoms with Crippen molar-refractivity contribution in [2.24, 2.45) is 0 Å². The molecule has 2 nitrogen and oxygen atoms in total. The summed E-state index contributed by atoms with van der Waals surface area (Å²) in [4.78, 5) is 11.8. The molecule has 1 aromatic heterocycles. The summed E-state index contributed by atoms with van der Waals surface area (Å²) in [6.07, 6.45) is 1.68. The van der Waals surface area contributed by atoms with E-state index < -0.39 is 0 Å². The van der Waals surface area contributed by atoms with E-state index in [4.69, 9.17) is 4.42 Å². The van der Waals surface area contributed by atoms with E-state index >= 15 is 0 Å². The first-order chi connectivity index (χ1) is 7.66. The van der Waals surface area contributed by atoms with Crippen LogP contribution >= 0.6 is 15.9 Å². The summed E-state index contributed by atoms with van der Waals surface area (Å²) in [6.45, 7) is 0. The normalized spacial score (nSPS) is 10.4. The van der Waals surface area contributed by atoms with Crippen molar-refractivity contribution in [2.45, 2.75) is 6.42 Å². The molecule has 1 heterocycles. The van der Waals surface area contributed by atoms with Gasteiger partial charge in [0.05, 0.1) is 11.8 Å². The minimum Gasteiger partial charge on any atom is -0.457 e. The van der Waals surface area contributed by atoms with Gasteiger partial charge in [0.2, 0.25) is 0 Å². The molecular weight excluding hydrogens is 275 g/mol. The highest BCUT2D eigenvalue weighted by molar-refractivity contribution is 9.10. The molecule has 0 saturated heterocycles. The van der Waals surface area contributed by atoms with Crippen molar-refractivity contribution in [1.82, 2.24) is 0 Å². The Morgan fingerprint density at radius 3 is 2.50 bits per heavy atom. The zero-order chi connectivity index (χ0) is 11.5. The van der Waals surface area contributed by atoms with Crippen LogP contribution in [-0.2, 0) is 6.42 Å². The maximum absolute atomic E-state index is 12.7. The average Bonchev–Trinajstić information content (AvgIpc) is 2.68. The monoisotopic (exact) mass is 282 g/mol. The second-order valence-corrected chi connectivity index (χ2v) is 4.05. The molecule has 82 valence electrons. The molecule has 0 radical (unpaired) electrons. The molecule has 0 saturated carbocycles. The zero-order valence-electron chi connectivity index (χ0n) is 8.24. The van der Waals surface area contributed by atoms with Crippen LogP contribution in [0.25, 0.3) is 0 Å². The van der Waals surface area contributed by atoms with Gasteiger partial charge in [0, 0.05) is 6.42 Å². The summed E-state index contributed by atoms with van der Waals surface area (Å²) in [5.41, 5.74) is 1.28. The van der Waals surface area contributed by atoms with E-state index in [0.29, 0.717) is 10.2 Å². The maximum atomic E-state index is 12.7. The molecule has 0 atom stereocenters. The molecule has 0 unspecified atom stereocenters. The van der Waals surface area contributed by atoms with Gasteiger partial charge in [-0.25, -0.2) is 4.39 Å². The van der Waals surface area contributed by atoms with Gasteiger partial charge in [0.15, 0.2) is 10.5 Å². The number of hydrogen-bond donors (Lipinski definition) is 0. The number of benzene rings is 1. The number of furan rings is 1. The number of carbonyl (C=O) groups is 1. The lowest BCUT2D eigenvalue weighted by Gasteiger charge is -1.99. The van der Waals surface area contributed by atoms with E-state index in [0.717, 1.165) is 5.56 Å². The van der Waals surface area contributed by atoms with Crippen LogP contribution in [0.2, 0.25) is 0 Å². The molecule has 0 N–H and O–H groups in total. The van der Waals surface area contributed by atoms with Crippen LogP contribution in [0.4, 0.5) is 4.39 Å². The fraction of sp³-hybridized carbons (Fsp3) is 0.0833. The Balaban J connectivity index is 2.14. The molecule has 0 aliphatic heterocycles. The third-order valence-electron chi connectivity index (χ3n) is 2.20. The second-order valence-electron chi connectivity index (χ2n) is 3.33. The molecule has 2 rings (SSSR count). The number of carbonyl (C=O) groups excluding carboxylic acids is 1. The van der Waals surface area contributed by atoms with Crippen molar-refractivity contribution in [3.63, 3.8) is 0 Å². The summed E-state index contributed by atoms with van der Waals surface area (Å²) in [6, 6.07) is 7.48. The number of Topliss-reactive ketones (excluding diaryl/α,β-unsaturated/α-hetero) is 1. The predicted octanol–water partition coefficient (Wildman–Crippen LogP) is 3.61. The lowest BCUT2D eigenvalue weighted by molar-refractivity contribution is 0.0991. The molecule has 0 fully saturated rings. The van der Waals surface area contributed by atoms with Crippen LogP contribution in [0.5, 0.6) is 0 Å². The Labute approximate surface area is 100 Å². The Morgan fingerprint density at radius 2 is 1.94 bits per heavy atom. The van der Waals surface area contributed by atoms with Crippen molar-refractivity contribution < 1.29 is 13.6 Å². The van der Waals surface area contributed by atoms with E-state index in [1.807, 2.05) is 0 Å². The number of halogens is 2. The molecule has 4 heteroatoms. The largest absolute Gasteiger partial charge is 0.457 e. The lowest BCUT2D eigenvalue weighted by atomic mass is 10.1. The predicted molar refractivity (Wildman–Crippen MR) is 60.8 cm³/mol. The van der Waals surface area contributed by atoms with Crippen molar-refractivity contribution >= 4 is 21.7 Å². The smallest absolute Gasteiger partial charge is 0.179 e. The van der Waals surface area contributed by atoms with Gasteiger partial charge in [-0.3, -0.25) is 4.79 Å². The highest BCUT2D eigenvalue weighted by atomic mass is 79.9. The van der Waals surface area contributed by atoms with Crippen LogP contribution in [0.3, 0.4) is 0 Å². The van der Waals surface area contributed by atoms with Gasteiger partial charge in [-0.05, 0) is 39.7 Å². The average molecular weight is 283 g/mol. The first-order valence-electron chi connectivity index (χ1n) is 4.67. The summed E-state index contributed by atoms with van der Waals surface area (Å²) in [7, 11) is 0. The van der Waals surface area contributed by atoms with E-state index in [1.54, 1.807) is 18.2 Å². The van der Waals surface area contributed by atoms with E-state index in [1.165, 1.54) is 18.4 Å². The third-order valence-corrected chi connectivity index (χ3v) is 2.81. The van der Waals surface area contributed by atoms with Crippen LogP contribution < -0.4 is 0 Å². The van der Waals surface area contributed by atoms with Gasteiger partial charge in [-0.15, -0.1) is 0 Å². The third kappa shape index (κ3) is 2.39. The SMILES string of the molecule is O=C(Cc1ccc(F)cc1)c1ccoc1Br. The second kappa shape index (κ2) is 4.61. The van der Waals surface area contributed by atoms with Gasteiger partial charge in [0.1, 0.15) is 5.82 Å². The van der Waals surface area contributed by atoms with E-state index in [-0.39, 0.29) is 18.0 Å². The van der Waals surface area contributed by atoms with Gasteiger partial charge in [0.25, 0.3) is 0 Å². The highest BCUT2D eigenvalue weighted by Gasteiger charge is 2.12. The fourth-order valence-electron chi connectivity index (χ4n) is 1.38. The Bertz CT molecular complexity index is 502. The Kier molecular flexibility index (Phi) is 3.19. The van der Waals surface area contributed by atoms with Gasteiger partial charge in [-0.1, -0.05) is 12.1 Å². The number of rotatable bonds is 3. The Hall–Kier alpha value is -1.42. The van der Waals surface area contributed by atoms with Crippen molar-refractivity contribution in [1.29, 1.82) is 0 Å². The minimum absolute atomic E-state index is 0.0627. The summed E-state index contributed by atoms with van der Waals surface area (Å²) < 4.78 is 18.1. The van der Waals surface area contributed by atoms with E-state index in [9.17, 15) is 9.18 Å². The highest BCUT2D eigenvalue weighted by Crippen LogP contribution is 2.19. The number of hydrogen-bond acceptors (Lipinski definition) is 2. The summed E-state index contributed by atoms with van der Waals surface area (Å²) >= 11 is 3.14. The standard InChI is InChI=1S/C12H8BrFO2/c13-12-10(5-6-16-12)11(15)7-8-1-3-9(14)4-2-8/h1-6H,7H2. The van der Waals surface area contributed by atoms with Gasteiger partial charge >= 0.3 is 0 Å². The molecule has 0 spiro atoms. The molecular formula is C12H8BrFO2. The first-order valence-corrected chi connectivity index (χ1v) is 5.47. The molecule has 0 amide bonds. The van der Waals surface area contributed by atoms with Crippen molar-refractivity contribution in [3.05, 3.63) is 58.2 Å². The van der Waals surface area contributed by atoms with Crippen LogP contribution in [0.15, 0.2) is 45.7 Å². The summed E-state index contributed by atoms with van der Waals surface area (Å²) in [5, 5.41) is 0. The van der Waals surface area contributed by atoms with Crippen molar-refractivity contribution in [3.8, 4) is 0 Å². The molecule has 0 bridgehead atoms. The van der Waals surface area contributed by atoms with Crippen LogP contribution in [0.1, 0.15) is 15.9 Å². The van der Waals surface area contributed by atoms with E-state index in [2.05, 4.69) is 15.9 Å². The Morgan fingerprint density at radius 1 is 1.25 bits per heavy atom. The molecule has 0 aliphatic rings. The number of ketones is 1. The van der Waals surface area contributed by atoms with Crippen LogP contribution in [0, 0.1) is 5.82 Å². The lowest BCUT2D eigenvalue weighted by Crippen LogP contribution is -2.02. The van der Waals surface area contributed by atoms with Gasteiger partial charge < -0.3 is 4.42 Å². The molecule has 2 aromatic rings. The van der Waals surface area contributed by atoms with Crippen LogP contribution in [-0.4, -0.2) is 5.78 Å². The van der Waals surface area contributed by atoms with Crippen molar-refractivity contribution in [2.75, 3.05) is 0 Å². The summed E-state index contributed by atoms with van der Waals surface area (Å²) in [5.74, 6) is -0.368.